The fourth-order valence-corrected chi connectivity index (χ4v) is 3.79. The van der Waals surface area contributed by atoms with E-state index in [2.05, 4.69) is 4.90 Å². The van der Waals surface area contributed by atoms with Crippen LogP contribution in [-0.4, -0.2) is 34.5 Å². The zero-order chi connectivity index (χ0) is 13.0. The van der Waals surface area contributed by atoms with E-state index in [4.69, 9.17) is 17.3 Å². The van der Waals surface area contributed by atoms with E-state index in [1.54, 1.807) is 18.2 Å². The van der Waals surface area contributed by atoms with Gasteiger partial charge in [0.2, 0.25) is 0 Å². The number of rotatable bonds is 5. The third kappa shape index (κ3) is 3.70. The Kier molecular flexibility index (Phi) is 5.03. The van der Waals surface area contributed by atoms with Crippen LogP contribution in [0.2, 0.25) is 5.02 Å². The number of halogens is 1. The van der Waals surface area contributed by atoms with Gasteiger partial charge in [-0.3, -0.25) is 4.21 Å². The minimum absolute atomic E-state index is 0.509. The first kappa shape index (κ1) is 13.8. The predicted molar refractivity (Wildman–Crippen MR) is 77.4 cm³/mol. The zero-order valence-corrected chi connectivity index (χ0v) is 12.0. The second-order valence-corrected chi connectivity index (χ2v) is 6.59. The molecule has 1 atom stereocenters. The average Bonchev–Trinajstić information content (AvgIpc) is 2.81. The summed E-state index contributed by atoms with van der Waals surface area (Å²) < 4.78 is 12.1. The lowest BCUT2D eigenvalue weighted by Gasteiger charge is -2.14. The number of nitrogen functional groups attached to an aromatic ring is 1. The van der Waals surface area contributed by atoms with Gasteiger partial charge in [-0.05, 0) is 57.1 Å². The van der Waals surface area contributed by atoms with Crippen molar-refractivity contribution >= 4 is 28.1 Å². The van der Waals surface area contributed by atoms with Crippen molar-refractivity contribution in [2.75, 3.05) is 31.1 Å². The van der Waals surface area contributed by atoms with Crippen molar-refractivity contribution in [2.45, 2.75) is 24.2 Å². The van der Waals surface area contributed by atoms with Crippen LogP contribution in [0.4, 0.5) is 5.69 Å². The Bertz CT molecular complexity index is 433. The van der Waals surface area contributed by atoms with E-state index < -0.39 is 10.8 Å². The quantitative estimate of drug-likeness (QED) is 0.846. The molecule has 5 heteroatoms. The molecule has 0 aliphatic carbocycles. The van der Waals surface area contributed by atoms with Crippen molar-refractivity contribution in [3.63, 3.8) is 0 Å². The van der Waals surface area contributed by atoms with Crippen LogP contribution in [0, 0.1) is 0 Å². The van der Waals surface area contributed by atoms with Gasteiger partial charge >= 0.3 is 0 Å². The summed E-state index contributed by atoms with van der Waals surface area (Å²) in [6.07, 6.45) is 3.55. The van der Waals surface area contributed by atoms with E-state index >= 15 is 0 Å². The summed E-state index contributed by atoms with van der Waals surface area (Å²) in [5, 5.41) is 0.509. The largest absolute Gasteiger partial charge is 0.399 e. The van der Waals surface area contributed by atoms with Crippen LogP contribution in [0.25, 0.3) is 0 Å². The third-order valence-electron chi connectivity index (χ3n) is 3.20. The standard InChI is InChI=1S/C13H19ClN2OS/c14-12-10-11(15)4-5-13(12)18(17)9-3-8-16-6-1-2-7-16/h4-5,10H,1-3,6-9,15H2. The molecule has 0 radical (unpaired) electrons. The van der Waals surface area contributed by atoms with Gasteiger partial charge in [0.15, 0.2) is 0 Å². The van der Waals surface area contributed by atoms with Gasteiger partial charge in [0, 0.05) is 11.4 Å². The Balaban J connectivity index is 1.83. The fourth-order valence-electron chi connectivity index (χ4n) is 2.24. The molecule has 1 saturated heterocycles. The summed E-state index contributed by atoms with van der Waals surface area (Å²) in [5.74, 6) is 0.667. The number of benzene rings is 1. The van der Waals surface area contributed by atoms with Crippen LogP contribution in [0.5, 0.6) is 0 Å². The molecule has 1 aromatic rings. The maximum atomic E-state index is 12.1. The van der Waals surface area contributed by atoms with E-state index in [-0.39, 0.29) is 0 Å². The van der Waals surface area contributed by atoms with Gasteiger partial charge in [0.25, 0.3) is 0 Å². The molecule has 2 N–H and O–H groups in total. The Morgan fingerprint density at radius 3 is 2.72 bits per heavy atom. The lowest BCUT2D eigenvalue weighted by atomic mass is 10.3. The monoisotopic (exact) mass is 286 g/mol. The summed E-state index contributed by atoms with van der Waals surface area (Å²) in [6.45, 7) is 3.42. The molecule has 18 heavy (non-hydrogen) atoms. The van der Waals surface area contributed by atoms with Crippen LogP contribution in [-0.2, 0) is 10.8 Å². The Labute approximate surface area is 116 Å². The highest BCUT2D eigenvalue weighted by molar-refractivity contribution is 7.85. The number of nitrogens with zero attached hydrogens (tertiary/aromatic N) is 1. The topological polar surface area (TPSA) is 46.3 Å². The summed E-state index contributed by atoms with van der Waals surface area (Å²) >= 11 is 6.05. The highest BCUT2D eigenvalue weighted by Gasteiger charge is 2.13. The molecule has 1 heterocycles. The summed E-state index contributed by atoms with van der Waals surface area (Å²) in [7, 11) is -1.02. The number of nitrogens with two attached hydrogens (primary N) is 1. The van der Waals surface area contributed by atoms with Gasteiger partial charge < -0.3 is 10.6 Å². The molecule has 0 bridgehead atoms. The van der Waals surface area contributed by atoms with E-state index in [1.807, 2.05) is 0 Å². The average molecular weight is 287 g/mol. The molecular formula is C13H19ClN2OS. The smallest absolute Gasteiger partial charge is 0.0587 e. The second kappa shape index (κ2) is 6.55. The highest BCUT2D eigenvalue weighted by Crippen LogP contribution is 2.23. The van der Waals surface area contributed by atoms with Crippen molar-refractivity contribution in [2.24, 2.45) is 0 Å². The van der Waals surface area contributed by atoms with Gasteiger partial charge in [-0.2, -0.15) is 0 Å². The van der Waals surface area contributed by atoms with Crippen molar-refractivity contribution in [1.82, 2.24) is 4.90 Å². The van der Waals surface area contributed by atoms with Crippen molar-refractivity contribution in [3.05, 3.63) is 23.2 Å². The maximum absolute atomic E-state index is 12.1. The number of hydrogen-bond acceptors (Lipinski definition) is 3. The number of anilines is 1. The van der Waals surface area contributed by atoms with Crippen molar-refractivity contribution in [3.8, 4) is 0 Å². The molecule has 0 saturated carbocycles. The maximum Gasteiger partial charge on any atom is 0.0587 e. The fraction of sp³-hybridized carbons (Fsp3) is 0.538. The molecule has 0 spiro atoms. The first-order chi connectivity index (χ1) is 8.66. The van der Waals surface area contributed by atoms with Gasteiger partial charge in [-0.15, -0.1) is 0 Å². The molecule has 1 unspecified atom stereocenters. The normalized spacial score (nSPS) is 18.1. The third-order valence-corrected chi connectivity index (χ3v) is 5.13. The van der Waals surface area contributed by atoms with Crippen LogP contribution >= 0.6 is 11.6 Å². The lowest BCUT2D eigenvalue weighted by molar-refractivity contribution is 0.340. The van der Waals surface area contributed by atoms with Crippen LogP contribution < -0.4 is 5.73 Å². The molecule has 1 aromatic carbocycles. The molecule has 1 aliphatic heterocycles. The van der Waals surface area contributed by atoms with Gasteiger partial charge in [0.05, 0.1) is 20.7 Å². The molecule has 1 aliphatic rings. The second-order valence-electron chi connectivity index (χ2n) is 4.64. The summed E-state index contributed by atoms with van der Waals surface area (Å²) in [5.41, 5.74) is 6.23. The first-order valence-electron chi connectivity index (χ1n) is 6.32. The number of hydrogen-bond donors (Lipinski definition) is 1. The van der Waals surface area contributed by atoms with Crippen molar-refractivity contribution in [1.29, 1.82) is 0 Å². The van der Waals surface area contributed by atoms with E-state index in [1.165, 1.54) is 25.9 Å². The molecule has 2 rings (SSSR count). The molecule has 0 aromatic heterocycles. The van der Waals surface area contributed by atoms with E-state index in [0.29, 0.717) is 21.4 Å². The predicted octanol–water partition coefficient (Wildman–Crippen LogP) is 2.52. The first-order valence-corrected chi connectivity index (χ1v) is 8.02. The number of likely N-dealkylation sites (tertiary alicyclic amines) is 1. The minimum atomic E-state index is -1.02. The lowest BCUT2D eigenvalue weighted by Crippen LogP contribution is -2.21. The van der Waals surface area contributed by atoms with Crippen LogP contribution in [0.3, 0.4) is 0 Å². The van der Waals surface area contributed by atoms with Crippen molar-refractivity contribution < 1.29 is 4.21 Å². The highest BCUT2D eigenvalue weighted by atomic mass is 35.5. The van der Waals surface area contributed by atoms with Crippen LogP contribution in [0.15, 0.2) is 23.1 Å². The Morgan fingerprint density at radius 2 is 2.06 bits per heavy atom. The SMILES string of the molecule is Nc1ccc(S(=O)CCCN2CCCC2)c(Cl)c1. The van der Waals surface area contributed by atoms with Gasteiger partial charge in [0.1, 0.15) is 0 Å². The molecule has 0 amide bonds. The van der Waals surface area contributed by atoms with Crippen LogP contribution in [0.1, 0.15) is 19.3 Å². The summed E-state index contributed by atoms with van der Waals surface area (Å²) in [4.78, 5) is 3.13. The van der Waals surface area contributed by atoms with Gasteiger partial charge in [-0.25, -0.2) is 0 Å². The van der Waals surface area contributed by atoms with Gasteiger partial charge in [-0.1, -0.05) is 11.6 Å². The molecule has 3 nitrogen and oxygen atoms in total. The summed E-state index contributed by atoms with van der Waals surface area (Å²) in [6, 6.07) is 5.18. The Morgan fingerprint density at radius 1 is 1.33 bits per heavy atom. The minimum Gasteiger partial charge on any atom is -0.399 e. The molecular weight excluding hydrogens is 268 g/mol. The molecule has 100 valence electrons. The van der Waals surface area contributed by atoms with E-state index in [9.17, 15) is 4.21 Å². The molecule has 1 fully saturated rings. The van der Waals surface area contributed by atoms with E-state index in [0.717, 1.165) is 13.0 Å². The zero-order valence-electron chi connectivity index (χ0n) is 10.4. The Hall–Kier alpha value is -0.580.